The summed E-state index contributed by atoms with van der Waals surface area (Å²) in [6, 6.07) is 32.4. The Balaban J connectivity index is 1.74. The first-order valence-electron chi connectivity index (χ1n) is 10.1. The van der Waals surface area contributed by atoms with E-state index < -0.39 is 5.54 Å². The average molecular weight is 398 g/mol. The van der Waals surface area contributed by atoms with Gasteiger partial charge in [-0.3, -0.25) is 9.69 Å². The van der Waals surface area contributed by atoms with Gasteiger partial charge in [0.1, 0.15) is 0 Å². The molecule has 5 rings (SSSR count). The van der Waals surface area contributed by atoms with Crippen LogP contribution in [0.3, 0.4) is 0 Å². The highest BCUT2D eigenvalue weighted by Gasteiger charge is 2.44. The number of thioether (sulfide) groups is 1. The largest absolute Gasteiger partial charge is 0.286 e. The summed E-state index contributed by atoms with van der Waals surface area (Å²) in [6.45, 7) is 1.75. The van der Waals surface area contributed by atoms with Crippen LogP contribution in [-0.4, -0.2) is 23.1 Å². The van der Waals surface area contributed by atoms with E-state index in [1.54, 1.807) is 0 Å². The highest BCUT2D eigenvalue weighted by molar-refractivity contribution is 8.17. The fourth-order valence-electron chi connectivity index (χ4n) is 4.81. The van der Waals surface area contributed by atoms with Crippen molar-refractivity contribution in [2.24, 2.45) is 0 Å². The summed E-state index contributed by atoms with van der Waals surface area (Å²) in [7, 11) is 0. The molecule has 0 radical (unpaired) electrons. The minimum Gasteiger partial charge on any atom is -0.286 e. The van der Waals surface area contributed by atoms with Gasteiger partial charge < -0.3 is 0 Å². The molecular formula is C26H23NOS. The van der Waals surface area contributed by atoms with E-state index in [0.29, 0.717) is 11.5 Å². The van der Waals surface area contributed by atoms with Crippen molar-refractivity contribution in [2.45, 2.75) is 18.4 Å². The third-order valence-corrected chi connectivity index (χ3v) is 7.14. The lowest BCUT2D eigenvalue weighted by Crippen LogP contribution is -2.50. The lowest BCUT2D eigenvalue weighted by Gasteiger charge is -2.47. The molecule has 0 fully saturated rings. The Kier molecular flexibility index (Phi) is 4.86. The molecule has 0 aliphatic carbocycles. The molecule has 144 valence electrons. The Labute approximate surface area is 176 Å². The summed E-state index contributed by atoms with van der Waals surface area (Å²) in [6.07, 6.45) is 1.53. The van der Waals surface area contributed by atoms with Crippen LogP contribution in [0.25, 0.3) is 0 Å². The smallest absolute Gasteiger partial charge is 0.197 e. The van der Waals surface area contributed by atoms with Crippen LogP contribution in [0.2, 0.25) is 0 Å². The molecule has 29 heavy (non-hydrogen) atoms. The third kappa shape index (κ3) is 3.15. The summed E-state index contributed by atoms with van der Waals surface area (Å²) in [5.74, 6) is 0. The number of carbonyl (C=O) groups excluding carboxylic acids is 1. The van der Waals surface area contributed by atoms with Crippen LogP contribution in [0.1, 0.15) is 29.5 Å². The zero-order chi connectivity index (χ0) is 19.7. The van der Waals surface area contributed by atoms with Crippen LogP contribution in [0.5, 0.6) is 0 Å². The van der Waals surface area contributed by atoms with Crippen LogP contribution in [-0.2, 0) is 10.3 Å². The van der Waals surface area contributed by atoms with Crippen molar-refractivity contribution >= 4 is 16.9 Å². The monoisotopic (exact) mass is 397 g/mol. The van der Waals surface area contributed by atoms with Crippen LogP contribution < -0.4 is 0 Å². The summed E-state index contributed by atoms with van der Waals surface area (Å²) < 4.78 is 0. The second kappa shape index (κ2) is 7.66. The quantitative estimate of drug-likeness (QED) is 0.534. The van der Waals surface area contributed by atoms with Crippen molar-refractivity contribution < 1.29 is 4.79 Å². The molecule has 2 aliphatic heterocycles. The van der Waals surface area contributed by atoms with E-state index in [1.807, 2.05) is 0 Å². The highest BCUT2D eigenvalue weighted by atomic mass is 32.2. The number of hydrogen-bond acceptors (Lipinski definition) is 3. The van der Waals surface area contributed by atoms with Gasteiger partial charge in [-0.2, -0.15) is 0 Å². The molecule has 0 spiro atoms. The Bertz CT molecular complexity index is 947. The number of nitrogens with zero attached hydrogens (tertiary/aromatic N) is 1. The molecule has 0 unspecified atom stereocenters. The van der Waals surface area contributed by atoms with Crippen molar-refractivity contribution in [2.75, 3.05) is 13.1 Å². The summed E-state index contributed by atoms with van der Waals surface area (Å²) in [4.78, 5) is 16.0. The molecule has 2 aliphatic rings. The van der Waals surface area contributed by atoms with Gasteiger partial charge in [-0.1, -0.05) is 103 Å². The van der Waals surface area contributed by atoms with Gasteiger partial charge in [0.25, 0.3) is 0 Å². The van der Waals surface area contributed by atoms with Crippen molar-refractivity contribution in [1.82, 2.24) is 4.90 Å². The molecule has 3 aromatic rings. The van der Waals surface area contributed by atoms with Gasteiger partial charge in [0.15, 0.2) is 5.12 Å². The molecule has 0 amide bonds. The summed E-state index contributed by atoms with van der Waals surface area (Å²) in [5, 5.41) is 0.293. The Morgan fingerprint density at radius 1 is 0.724 bits per heavy atom. The van der Waals surface area contributed by atoms with Crippen molar-refractivity contribution in [3.8, 4) is 0 Å². The second-order valence-corrected chi connectivity index (χ2v) is 8.81. The van der Waals surface area contributed by atoms with Crippen LogP contribution in [0.4, 0.5) is 0 Å². The maximum absolute atomic E-state index is 12.1. The first kappa shape index (κ1) is 18.4. The molecule has 3 heteroatoms. The zero-order valence-electron chi connectivity index (χ0n) is 16.3. The Hall–Kier alpha value is -2.62. The predicted octanol–water partition coefficient (Wildman–Crippen LogP) is 5.60. The number of rotatable bonds is 4. The standard InChI is InChI=1S/C26H23NOS/c28-25-18-20-19-27(17-16-24(20)29-25)26(21-10-4-1-5-11-21,22-12-6-2-7-13-22)23-14-8-3-9-15-23/h1-15H,16-19H2. The fraction of sp³-hybridized carbons (Fsp3) is 0.192. The minimum absolute atomic E-state index is 0.293. The van der Waals surface area contributed by atoms with Gasteiger partial charge in [0.2, 0.25) is 0 Å². The second-order valence-electron chi connectivity index (χ2n) is 7.66. The average Bonchev–Trinajstić information content (AvgIpc) is 3.16. The van der Waals surface area contributed by atoms with E-state index in [-0.39, 0.29) is 0 Å². The minimum atomic E-state index is -0.390. The van der Waals surface area contributed by atoms with E-state index in [1.165, 1.54) is 38.9 Å². The first-order valence-corrected chi connectivity index (χ1v) is 10.9. The molecule has 0 atom stereocenters. The molecule has 0 aromatic heterocycles. The fourth-order valence-corrected chi connectivity index (χ4v) is 5.80. The van der Waals surface area contributed by atoms with E-state index in [4.69, 9.17) is 0 Å². The SMILES string of the molecule is O=C1CC2=C(CCN(C(c3ccccc3)(c3ccccc3)c3ccccc3)C2)S1. The highest BCUT2D eigenvalue weighted by Crippen LogP contribution is 2.47. The van der Waals surface area contributed by atoms with E-state index in [0.717, 1.165) is 19.5 Å². The zero-order valence-corrected chi connectivity index (χ0v) is 17.1. The van der Waals surface area contributed by atoms with Crippen LogP contribution >= 0.6 is 11.8 Å². The summed E-state index contributed by atoms with van der Waals surface area (Å²) in [5.41, 5.74) is 4.70. The van der Waals surface area contributed by atoms with Crippen molar-refractivity contribution in [3.63, 3.8) is 0 Å². The van der Waals surface area contributed by atoms with Gasteiger partial charge in [-0.25, -0.2) is 0 Å². The molecule has 0 saturated heterocycles. The Morgan fingerprint density at radius 2 is 1.21 bits per heavy atom. The third-order valence-electron chi connectivity index (χ3n) is 6.03. The van der Waals surface area contributed by atoms with E-state index >= 15 is 0 Å². The van der Waals surface area contributed by atoms with Crippen LogP contribution in [0.15, 0.2) is 101 Å². The van der Waals surface area contributed by atoms with Crippen molar-refractivity contribution in [1.29, 1.82) is 0 Å². The molecule has 0 saturated carbocycles. The maximum atomic E-state index is 12.1. The molecule has 3 aromatic carbocycles. The Morgan fingerprint density at radius 3 is 1.69 bits per heavy atom. The molecule has 2 nitrogen and oxygen atoms in total. The lowest BCUT2D eigenvalue weighted by atomic mass is 9.74. The van der Waals surface area contributed by atoms with Gasteiger partial charge in [-0.15, -0.1) is 0 Å². The molecule has 0 N–H and O–H groups in total. The van der Waals surface area contributed by atoms with Crippen molar-refractivity contribution in [3.05, 3.63) is 118 Å². The summed E-state index contributed by atoms with van der Waals surface area (Å²) >= 11 is 1.46. The van der Waals surface area contributed by atoms with Gasteiger partial charge in [-0.05, 0) is 33.6 Å². The normalized spacial score (nSPS) is 17.4. The lowest BCUT2D eigenvalue weighted by molar-refractivity contribution is -0.110. The topological polar surface area (TPSA) is 20.3 Å². The van der Waals surface area contributed by atoms with Crippen LogP contribution in [0, 0.1) is 0 Å². The number of benzene rings is 3. The first-order chi connectivity index (χ1) is 14.3. The predicted molar refractivity (Wildman–Crippen MR) is 120 cm³/mol. The number of carbonyl (C=O) groups is 1. The molecular weight excluding hydrogens is 374 g/mol. The number of hydrogen-bond donors (Lipinski definition) is 0. The van der Waals surface area contributed by atoms with Gasteiger partial charge >= 0.3 is 0 Å². The van der Waals surface area contributed by atoms with E-state index in [2.05, 4.69) is 95.9 Å². The van der Waals surface area contributed by atoms with Gasteiger partial charge in [0, 0.05) is 19.5 Å². The van der Waals surface area contributed by atoms with E-state index in [9.17, 15) is 4.79 Å². The van der Waals surface area contributed by atoms with Gasteiger partial charge in [0.05, 0.1) is 5.54 Å². The maximum Gasteiger partial charge on any atom is 0.197 e. The molecule has 2 heterocycles. The molecule has 0 bridgehead atoms.